The summed E-state index contributed by atoms with van der Waals surface area (Å²) in [6.07, 6.45) is 4.37. The van der Waals surface area contributed by atoms with Crippen molar-refractivity contribution in [2.24, 2.45) is 5.41 Å². The zero-order valence-corrected chi connectivity index (χ0v) is 11.7. The van der Waals surface area contributed by atoms with Crippen LogP contribution in [0.15, 0.2) is 0 Å². The second-order valence-corrected chi connectivity index (χ2v) is 8.72. The topological polar surface area (TPSA) is 0 Å². The summed E-state index contributed by atoms with van der Waals surface area (Å²) in [4.78, 5) is 0. The van der Waals surface area contributed by atoms with E-state index >= 15 is 0 Å². The molecule has 0 rings (SSSR count). The Hall–Kier alpha value is 0.740. The molecule has 0 bridgehead atoms. The van der Waals surface area contributed by atoms with Gasteiger partial charge in [-0.1, -0.05) is 0 Å². The van der Waals surface area contributed by atoms with Crippen LogP contribution >= 0.6 is 0 Å². The molecule has 0 N–H and O–H groups in total. The molecule has 67 valence electrons. The van der Waals surface area contributed by atoms with E-state index in [-0.39, 0.29) is 19.8 Å². The Morgan fingerprint density at radius 2 is 1.73 bits per heavy atom. The minimum atomic E-state index is -0.0532. The van der Waals surface area contributed by atoms with Crippen molar-refractivity contribution in [3.8, 4) is 0 Å². The maximum atomic E-state index is 2.37. The fourth-order valence-corrected chi connectivity index (χ4v) is 5.47. The van der Waals surface area contributed by atoms with Crippen LogP contribution in [-0.4, -0.2) is 0 Å². The summed E-state index contributed by atoms with van der Waals surface area (Å²) in [6, 6.07) is 0. The zero-order valence-electron chi connectivity index (χ0n) is 8.48. The van der Waals surface area contributed by atoms with E-state index in [1.165, 1.54) is 19.3 Å². The molecule has 0 aliphatic heterocycles. The first-order chi connectivity index (χ1) is 5.06. The molecule has 0 nitrogen and oxygen atoms in total. The summed E-state index contributed by atoms with van der Waals surface area (Å²) in [5.74, 6) is 0. The van der Waals surface area contributed by atoms with E-state index in [1.54, 1.807) is 9.28 Å². The zero-order chi connectivity index (χ0) is 8.74. The summed E-state index contributed by atoms with van der Waals surface area (Å²) >= 11 is -0.0532. The van der Waals surface area contributed by atoms with Gasteiger partial charge >= 0.3 is 81.4 Å². The molecule has 0 spiro atoms. The van der Waals surface area contributed by atoms with Gasteiger partial charge in [0.05, 0.1) is 0 Å². The Kier molecular flexibility index (Phi) is 6.70. The van der Waals surface area contributed by atoms with Crippen LogP contribution < -0.4 is 0 Å². The van der Waals surface area contributed by atoms with E-state index < -0.39 is 0 Å². The van der Waals surface area contributed by atoms with Crippen molar-refractivity contribution < 1.29 is 19.8 Å². The second kappa shape index (κ2) is 6.28. The van der Waals surface area contributed by atoms with Crippen LogP contribution in [0.2, 0.25) is 9.28 Å². The van der Waals surface area contributed by atoms with Gasteiger partial charge in [-0.25, -0.2) is 0 Å². The van der Waals surface area contributed by atoms with Gasteiger partial charge in [0.1, 0.15) is 0 Å². The molecule has 0 saturated heterocycles. The average molecular weight is 323 g/mol. The van der Waals surface area contributed by atoms with Gasteiger partial charge in [-0.2, -0.15) is 0 Å². The molecular formula is C10H22Ta. The van der Waals surface area contributed by atoms with Crippen molar-refractivity contribution in [1.82, 2.24) is 0 Å². The first kappa shape index (κ1) is 11.7. The Morgan fingerprint density at radius 3 is 2.18 bits per heavy atom. The minimum absolute atomic E-state index is 0.0532. The molecule has 0 unspecified atom stereocenters. The maximum absolute atomic E-state index is 2.37. The van der Waals surface area contributed by atoms with E-state index in [9.17, 15) is 0 Å². The summed E-state index contributed by atoms with van der Waals surface area (Å²) in [6.45, 7) is 9.40. The first-order valence-electron chi connectivity index (χ1n) is 4.69. The SMILES string of the molecule is CCCC[CH2][Ta][CH2]C(C)(C)C. The molecular weight excluding hydrogens is 301 g/mol. The van der Waals surface area contributed by atoms with Gasteiger partial charge in [0.25, 0.3) is 0 Å². The second-order valence-electron chi connectivity index (χ2n) is 4.37. The Labute approximate surface area is 81.5 Å². The molecule has 0 heterocycles. The van der Waals surface area contributed by atoms with Gasteiger partial charge in [-0.15, -0.1) is 0 Å². The number of unbranched alkanes of at least 4 members (excludes halogenated alkanes) is 2. The van der Waals surface area contributed by atoms with Crippen LogP contribution in [0.1, 0.15) is 47.0 Å². The van der Waals surface area contributed by atoms with Crippen LogP contribution in [0.4, 0.5) is 0 Å². The number of rotatable bonds is 5. The third-order valence-electron chi connectivity index (χ3n) is 1.51. The molecule has 0 aliphatic carbocycles. The summed E-state index contributed by atoms with van der Waals surface area (Å²) in [7, 11) is 0. The van der Waals surface area contributed by atoms with Crippen LogP contribution in [0.3, 0.4) is 0 Å². The van der Waals surface area contributed by atoms with Crippen molar-refractivity contribution in [1.29, 1.82) is 0 Å². The van der Waals surface area contributed by atoms with Crippen molar-refractivity contribution >= 4 is 0 Å². The van der Waals surface area contributed by atoms with E-state index in [0.29, 0.717) is 5.41 Å². The van der Waals surface area contributed by atoms with Gasteiger partial charge in [-0.3, -0.25) is 0 Å². The van der Waals surface area contributed by atoms with Crippen LogP contribution in [-0.2, 0) is 19.8 Å². The molecule has 0 fully saturated rings. The molecule has 11 heavy (non-hydrogen) atoms. The van der Waals surface area contributed by atoms with Crippen LogP contribution in [0.25, 0.3) is 0 Å². The normalized spacial score (nSPS) is 11.6. The third-order valence-corrected chi connectivity index (χ3v) is 7.99. The first-order valence-corrected chi connectivity index (χ1v) is 9.24. The fourth-order valence-electron chi connectivity index (χ4n) is 0.888. The van der Waals surface area contributed by atoms with Gasteiger partial charge in [-0.05, 0) is 0 Å². The molecule has 0 amide bonds. The van der Waals surface area contributed by atoms with Crippen LogP contribution in [0.5, 0.6) is 0 Å². The predicted molar refractivity (Wildman–Crippen MR) is 48.6 cm³/mol. The molecule has 0 atom stereocenters. The Morgan fingerprint density at radius 1 is 1.09 bits per heavy atom. The number of hydrogen-bond donors (Lipinski definition) is 0. The third kappa shape index (κ3) is 10.7. The van der Waals surface area contributed by atoms with Crippen molar-refractivity contribution in [2.45, 2.75) is 56.2 Å². The van der Waals surface area contributed by atoms with Gasteiger partial charge in [0.2, 0.25) is 0 Å². The predicted octanol–water partition coefficient (Wildman–Crippen LogP) is 4.14. The van der Waals surface area contributed by atoms with Crippen molar-refractivity contribution in [3.05, 3.63) is 0 Å². The van der Waals surface area contributed by atoms with Gasteiger partial charge in [0.15, 0.2) is 0 Å². The molecule has 0 aliphatic rings. The number of hydrogen-bond acceptors (Lipinski definition) is 0. The Bertz CT molecular complexity index is 81.4. The standard InChI is InChI=1S/2C5H11.Ta/c1-5(2,3)4;1-3-5-4-2;/h1H2,2-4H3;1,3-5H2,2H3;. The van der Waals surface area contributed by atoms with E-state index in [2.05, 4.69) is 27.7 Å². The monoisotopic (exact) mass is 323 g/mol. The molecule has 1 heteroatoms. The van der Waals surface area contributed by atoms with Gasteiger partial charge in [0, 0.05) is 0 Å². The molecule has 0 radical (unpaired) electrons. The quantitative estimate of drug-likeness (QED) is 0.667. The van der Waals surface area contributed by atoms with Crippen molar-refractivity contribution in [2.75, 3.05) is 0 Å². The Balaban J connectivity index is 3.02. The molecule has 0 aromatic rings. The van der Waals surface area contributed by atoms with Gasteiger partial charge < -0.3 is 0 Å². The average Bonchev–Trinajstić information content (AvgIpc) is 1.85. The molecule has 0 saturated carbocycles. The van der Waals surface area contributed by atoms with Crippen LogP contribution in [0, 0.1) is 5.41 Å². The molecule has 0 aromatic carbocycles. The van der Waals surface area contributed by atoms with E-state index in [0.717, 1.165) is 0 Å². The fraction of sp³-hybridized carbons (Fsp3) is 1.00. The van der Waals surface area contributed by atoms with E-state index in [1.807, 2.05) is 0 Å². The summed E-state index contributed by atoms with van der Waals surface area (Å²) in [5.41, 5.74) is 0.628. The summed E-state index contributed by atoms with van der Waals surface area (Å²) in [5, 5.41) is 0. The summed E-state index contributed by atoms with van der Waals surface area (Å²) < 4.78 is 3.18. The van der Waals surface area contributed by atoms with Crippen molar-refractivity contribution in [3.63, 3.8) is 0 Å². The van der Waals surface area contributed by atoms with E-state index in [4.69, 9.17) is 0 Å². The molecule has 0 aromatic heterocycles.